The van der Waals surface area contributed by atoms with Crippen LogP contribution in [0.15, 0.2) is 30.3 Å². The lowest BCUT2D eigenvalue weighted by atomic mass is 9.94. The van der Waals surface area contributed by atoms with Gasteiger partial charge in [-0.2, -0.15) is 0 Å². The van der Waals surface area contributed by atoms with E-state index in [0.29, 0.717) is 18.3 Å². The molecule has 1 aromatic rings. The predicted molar refractivity (Wildman–Crippen MR) is 90.4 cm³/mol. The van der Waals surface area contributed by atoms with Gasteiger partial charge in [0, 0.05) is 12.1 Å². The molecule has 4 nitrogen and oxygen atoms in total. The minimum Gasteiger partial charge on any atom is -0.382 e. The molecule has 0 saturated heterocycles. The van der Waals surface area contributed by atoms with Gasteiger partial charge in [0.15, 0.2) is 0 Å². The van der Waals surface area contributed by atoms with Gasteiger partial charge in [0.2, 0.25) is 0 Å². The van der Waals surface area contributed by atoms with E-state index in [9.17, 15) is 9.90 Å². The monoisotopic (exact) mass is 306 g/mol. The number of hydrogen-bond acceptors (Lipinski definition) is 3. The highest BCUT2D eigenvalue weighted by molar-refractivity contribution is 5.81. The van der Waals surface area contributed by atoms with Crippen molar-refractivity contribution >= 4 is 5.91 Å². The van der Waals surface area contributed by atoms with Gasteiger partial charge in [-0.05, 0) is 30.2 Å². The van der Waals surface area contributed by atoms with E-state index in [1.807, 2.05) is 30.3 Å². The van der Waals surface area contributed by atoms with Crippen LogP contribution in [0, 0.1) is 11.8 Å². The first-order valence-corrected chi connectivity index (χ1v) is 8.09. The third kappa shape index (κ3) is 6.16. The van der Waals surface area contributed by atoms with Crippen molar-refractivity contribution in [1.29, 1.82) is 0 Å². The SMILES string of the molecule is CC(C)C[C@@H](NC(=O)C(O)C(N)Cc1ccccc1)C(C)C. The van der Waals surface area contributed by atoms with Crippen molar-refractivity contribution in [1.82, 2.24) is 5.32 Å². The van der Waals surface area contributed by atoms with Crippen molar-refractivity contribution in [3.8, 4) is 0 Å². The average Bonchev–Trinajstić information content (AvgIpc) is 2.46. The number of carbonyl (C=O) groups is 1. The molecule has 22 heavy (non-hydrogen) atoms. The third-order valence-electron chi connectivity index (χ3n) is 3.85. The lowest BCUT2D eigenvalue weighted by Crippen LogP contribution is -2.51. The van der Waals surface area contributed by atoms with Gasteiger partial charge in [-0.25, -0.2) is 0 Å². The number of aliphatic hydroxyl groups excluding tert-OH is 1. The number of amides is 1. The smallest absolute Gasteiger partial charge is 0.250 e. The molecule has 1 aromatic carbocycles. The van der Waals surface area contributed by atoms with Gasteiger partial charge in [-0.3, -0.25) is 4.79 Å². The molecule has 2 unspecified atom stereocenters. The third-order valence-corrected chi connectivity index (χ3v) is 3.85. The summed E-state index contributed by atoms with van der Waals surface area (Å²) in [4.78, 5) is 12.2. The Morgan fingerprint density at radius 1 is 1.18 bits per heavy atom. The van der Waals surface area contributed by atoms with Gasteiger partial charge in [0.1, 0.15) is 6.10 Å². The summed E-state index contributed by atoms with van der Waals surface area (Å²) in [5.74, 6) is 0.439. The molecule has 4 N–H and O–H groups in total. The number of nitrogens with two attached hydrogens (primary N) is 1. The quantitative estimate of drug-likeness (QED) is 0.688. The van der Waals surface area contributed by atoms with Crippen LogP contribution in [0.4, 0.5) is 0 Å². The molecule has 124 valence electrons. The zero-order valence-corrected chi connectivity index (χ0v) is 14.1. The van der Waals surface area contributed by atoms with E-state index in [1.165, 1.54) is 0 Å². The average molecular weight is 306 g/mol. The second kappa shape index (κ2) is 8.91. The lowest BCUT2D eigenvalue weighted by Gasteiger charge is -2.27. The highest BCUT2D eigenvalue weighted by Gasteiger charge is 2.26. The maximum Gasteiger partial charge on any atom is 0.250 e. The molecule has 0 aromatic heterocycles. The summed E-state index contributed by atoms with van der Waals surface area (Å²) in [6, 6.07) is 9.12. The molecule has 0 spiro atoms. The Morgan fingerprint density at radius 2 is 1.77 bits per heavy atom. The van der Waals surface area contributed by atoms with Gasteiger partial charge >= 0.3 is 0 Å². The van der Waals surface area contributed by atoms with Crippen LogP contribution >= 0.6 is 0 Å². The standard InChI is InChI=1S/C18H30N2O2/c1-12(2)10-16(13(3)4)20-18(22)17(21)15(19)11-14-8-6-5-7-9-14/h5-9,12-13,15-17,21H,10-11,19H2,1-4H3,(H,20,22)/t15?,16-,17?/m1/s1. The zero-order valence-electron chi connectivity index (χ0n) is 14.1. The summed E-state index contributed by atoms with van der Waals surface area (Å²) >= 11 is 0. The largest absolute Gasteiger partial charge is 0.382 e. The lowest BCUT2D eigenvalue weighted by molar-refractivity contribution is -0.131. The van der Waals surface area contributed by atoms with E-state index in [0.717, 1.165) is 12.0 Å². The fraction of sp³-hybridized carbons (Fsp3) is 0.611. The maximum absolute atomic E-state index is 12.2. The number of benzene rings is 1. The second-order valence-electron chi connectivity index (χ2n) is 6.79. The van der Waals surface area contributed by atoms with E-state index in [1.54, 1.807) is 0 Å². The fourth-order valence-electron chi connectivity index (χ4n) is 2.47. The molecular formula is C18H30N2O2. The number of nitrogens with one attached hydrogen (secondary N) is 1. The minimum absolute atomic E-state index is 0.0612. The first kappa shape index (κ1) is 18.7. The highest BCUT2D eigenvalue weighted by atomic mass is 16.3. The van der Waals surface area contributed by atoms with Crippen LogP contribution in [0.3, 0.4) is 0 Å². The predicted octanol–water partition coefficient (Wildman–Crippen LogP) is 2.10. The zero-order chi connectivity index (χ0) is 16.7. The maximum atomic E-state index is 12.2. The van der Waals surface area contributed by atoms with Crippen LogP contribution in [-0.2, 0) is 11.2 Å². The Morgan fingerprint density at radius 3 is 2.27 bits per heavy atom. The second-order valence-corrected chi connectivity index (χ2v) is 6.79. The molecule has 0 fully saturated rings. The molecule has 0 aliphatic heterocycles. The van der Waals surface area contributed by atoms with Crippen molar-refractivity contribution in [3.63, 3.8) is 0 Å². The number of hydrogen-bond donors (Lipinski definition) is 3. The van der Waals surface area contributed by atoms with Crippen molar-refractivity contribution in [2.75, 3.05) is 0 Å². The van der Waals surface area contributed by atoms with Crippen molar-refractivity contribution < 1.29 is 9.90 Å². The van der Waals surface area contributed by atoms with Crippen LogP contribution in [0.1, 0.15) is 39.7 Å². The number of carbonyl (C=O) groups excluding carboxylic acids is 1. The van der Waals surface area contributed by atoms with Crippen molar-refractivity contribution in [3.05, 3.63) is 35.9 Å². The van der Waals surface area contributed by atoms with Crippen LogP contribution in [0.25, 0.3) is 0 Å². The van der Waals surface area contributed by atoms with Gasteiger partial charge in [0.25, 0.3) is 5.91 Å². The summed E-state index contributed by atoms with van der Waals surface area (Å²) in [7, 11) is 0. The van der Waals surface area contributed by atoms with E-state index in [-0.39, 0.29) is 11.9 Å². The normalized spacial score (nSPS) is 15.6. The van der Waals surface area contributed by atoms with E-state index in [2.05, 4.69) is 33.0 Å². The van der Waals surface area contributed by atoms with Crippen LogP contribution in [-0.4, -0.2) is 29.2 Å². The van der Waals surface area contributed by atoms with Gasteiger partial charge in [0.05, 0.1) is 0 Å². The molecule has 0 aliphatic carbocycles. The molecule has 0 bridgehead atoms. The topological polar surface area (TPSA) is 75.3 Å². The van der Waals surface area contributed by atoms with Crippen molar-refractivity contribution in [2.45, 2.75) is 58.7 Å². The van der Waals surface area contributed by atoms with Crippen LogP contribution < -0.4 is 11.1 Å². The Bertz CT molecular complexity index is 446. The van der Waals surface area contributed by atoms with Crippen LogP contribution in [0.2, 0.25) is 0 Å². The molecule has 1 rings (SSSR count). The summed E-state index contributed by atoms with van der Waals surface area (Å²) in [6.45, 7) is 8.39. The first-order valence-electron chi connectivity index (χ1n) is 8.09. The molecule has 4 heteroatoms. The molecule has 3 atom stereocenters. The fourth-order valence-corrected chi connectivity index (χ4v) is 2.47. The van der Waals surface area contributed by atoms with Gasteiger partial charge < -0.3 is 16.2 Å². The molecular weight excluding hydrogens is 276 g/mol. The van der Waals surface area contributed by atoms with E-state index < -0.39 is 12.1 Å². The molecule has 0 radical (unpaired) electrons. The minimum atomic E-state index is -1.19. The first-order chi connectivity index (χ1) is 10.3. The molecule has 1 amide bonds. The Labute approximate surface area is 134 Å². The highest BCUT2D eigenvalue weighted by Crippen LogP contribution is 2.13. The Hall–Kier alpha value is -1.39. The molecule has 0 heterocycles. The summed E-state index contributed by atoms with van der Waals surface area (Å²) in [5.41, 5.74) is 7.01. The van der Waals surface area contributed by atoms with Gasteiger partial charge in [-0.15, -0.1) is 0 Å². The summed E-state index contributed by atoms with van der Waals surface area (Å²) < 4.78 is 0. The Kier molecular flexibility index (Phi) is 7.56. The van der Waals surface area contributed by atoms with Crippen molar-refractivity contribution in [2.24, 2.45) is 17.6 Å². The Balaban J connectivity index is 2.59. The van der Waals surface area contributed by atoms with Gasteiger partial charge in [-0.1, -0.05) is 58.0 Å². The molecule has 0 saturated carbocycles. The van der Waals surface area contributed by atoms with E-state index in [4.69, 9.17) is 5.73 Å². The molecule has 0 aliphatic rings. The number of rotatable bonds is 8. The summed E-state index contributed by atoms with van der Waals surface area (Å²) in [6.07, 6.45) is 0.185. The summed E-state index contributed by atoms with van der Waals surface area (Å²) in [5, 5.41) is 13.1. The van der Waals surface area contributed by atoms with E-state index >= 15 is 0 Å². The number of aliphatic hydroxyl groups is 1. The van der Waals surface area contributed by atoms with Crippen LogP contribution in [0.5, 0.6) is 0 Å².